The number of nitrogens with zero attached hydrogens (tertiary/aromatic N) is 1. The van der Waals surface area contributed by atoms with Gasteiger partial charge in [-0.15, -0.1) is 0 Å². The first-order valence-electron chi connectivity index (χ1n) is 8.76. The van der Waals surface area contributed by atoms with Crippen molar-refractivity contribution in [2.24, 2.45) is 0 Å². The van der Waals surface area contributed by atoms with Gasteiger partial charge >= 0.3 is 0 Å². The van der Waals surface area contributed by atoms with Gasteiger partial charge in [-0.2, -0.15) is 0 Å². The third-order valence-corrected chi connectivity index (χ3v) is 3.93. The van der Waals surface area contributed by atoms with Crippen molar-refractivity contribution in [3.63, 3.8) is 0 Å². The summed E-state index contributed by atoms with van der Waals surface area (Å²) in [5.41, 5.74) is 0.0816. The first-order chi connectivity index (χ1) is 12.5. The van der Waals surface area contributed by atoms with Crippen LogP contribution >= 0.6 is 0 Å². The van der Waals surface area contributed by atoms with Crippen LogP contribution in [-0.2, 0) is 20.7 Å². The fourth-order valence-corrected chi connectivity index (χ4v) is 2.19. The number of piperazine rings is 1. The van der Waals surface area contributed by atoms with E-state index < -0.39 is 17.5 Å². The lowest BCUT2D eigenvalue weighted by Crippen LogP contribution is -2.49. The van der Waals surface area contributed by atoms with Crippen molar-refractivity contribution in [3.05, 3.63) is 35.1 Å². The van der Waals surface area contributed by atoms with E-state index in [4.69, 9.17) is 4.74 Å². The van der Waals surface area contributed by atoms with Gasteiger partial charge in [0.05, 0.1) is 12.1 Å². The maximum absolute atomic E-state index is 13.4. The smallest absolute Gasteiger partial charge is 0.239 e. The Hall–Kier alpha value is -2.09. The average Bonchev–Trinajstić information content (AvgIpc) is 2.59. The Morgan fingerprint density at radius 2 is 1.78 bits per heavy atom. The quantitative estimate of drug-likeness (QED) is 0.807. The highest BCUT2D eigenvalue weighted by Gasteiger charge is 2.20. The molecule has 1 aliphatic rings. The highest BCUT2D eigenvalue weighted by Crippen LogP contribution is 2.16. The number of aryl methyl sites for hydroxylation is 1. The Labute approximate surface area is 157 Å². The number of rotatable bonds is 4. The summed E-state index contributed by atoms with van der Waals surface area (Å²) in [6.45, 7) is 6.96. The van der Waals surface area contributed by atoms with E-state index in [9.17, 15) is 22.8 Å². The molecular weight excluding hydrogens is 361 g/mol. The van der Waals surface area contributed by atoms with E-state index in [2.05, 4.69) is 5.32 Å². The van der Waals surface area contributed by atoms with E-state index in [0.717, 1.165) is 6.07 Å². The second-order valence-corrected chi connectivity index (χ2v) is 7.19. The molecule has 0 saturated carbocycles. The Morgan fingerprint density at radius 1 is 1.19 bits per heavy atom. The number of methoxy groups -OCH3 is 1. The zero-order valence-electron chi connectivity index (χ0n) is 16.2. The van der Waals surface area contributed by atoms with Gasteiger partial charge in [0.2, 0.25) is 11.8 Å². The van der Waals surface area contributed by atoms with Crippen LogP contribution < -0.4 is 5.32 Å². The first-order valence-corrected chi connectivity index (χ1v) is 8.76. The minimum Gasteiger partial charge on any atom is -0.379 e. The van der Waals surface area contributed by atoms with E-state index in [-0.39, 0.29) is 42.4 Å². The molecule has 1 heterocycles. The summed E-state index contributed by atoms with van der Waals surface area (Å²) in [5.74, 6) is -3.56. The van der Waals surface area contributed by atoms with Crippen molar-refractivity contribution in [3.8, 4) is 0 Å². The number of hydrogen-bond donors (Lipinski definition) is 1. The van der Waals surface area contributed by atoms with Crippen molar-refractivity contribution in [2.75, 3.05) is 26.7 Å². The molecule has 0 aromatic heterocycles. The lowest BCUT2D eigenvalue weighted by atomic mass is 10.1. The molecule has 27 heavy (non-hydrogen) atoms. The topological polar surface area (TPSA) is 58.6 Å². The van der Waals surface area contributed by atoms with Crippen LogP contribution in [0.5, 0.6) is 0 Å². The van der Waals surface area contributed by atoms with Gasteiger partial charge in [0, 0.05) is 32.7 Å². The SMILES string of the molecule is COC(C)(C)C.O=C1CN(C(=O)CCCc2cc(F)c(F)cc2F)CCN1. The summed E-state index contributed by atoms with van der Waals surface area (Å²) < 4.78 is 44.1. The maximum atomic E-state index is 13.4. The highest BCUT2D eigenvalue weighted by molar-refractivity contribution is 5.85. The molecule has 0 atom stereocenters. The maximum Gasteiger partial charge on any atom is 0.239 e. The van der Waals surface area contributed by atoms with Gasteiger partial charge in [0.15, 0.2) is 11.6 Å². The predicted octanol–water partition coefficient (Wildman–Crippen LogP) is 2.82. The molecule has 152 valence electrons. The van der Waals surface area contributed by atoms with Crippen molar-refractivity contribution < 1.29 is 27.5 Å². The lowest BCUT2D eigenvalue weighted by molar-refractivity contribution is -0.138. The average molecular weight is 388 g/mol. The van der Waals surface area contributed by atoms with Crippen LogP contribution in [0.4, 0.5) is 13.2 Å². The Morgan fingerprint density at radius 3 is 2.33 bits per heavy atom. The zero-order chi connectivity index (χ0) is 20.6. The van der Waals surface area contributed by atoms with Crippen LogP contribution in [0.1, 0.15) is 39.2 Å². The molecule has 1 aromatic carbocycles. The molecule has 0 radical (unpaired) electrons. The summed E-state index contributed by atoms with van der Waals surface area (Å²) in [5, 5.41) is 2.61. The third-order valence-electron chi connectivity index (χ3n) is 3.93. The number of ether oxygens (including phenoxy) is 1. The molecular formula is C19H27F3N2O3. The third kappa shape index (κ3) is 8.43. The molecule has 0 unspecified atom stereocenters. The van der Waals surface area contributed by atoms with Gasteiger partial charge in [0.25, 0.3) is 0 Å². The Kier molecular flexibility index (Phi) is 8.75. The van der Waals surface area contributed by atoms with E-state index in [1.807, 2.05) is 20.8 Å². The Bertz CT molecular complexity index is 660. The number of carbonyl (C=O) groups is 2. The number of hydrogen-bond acceptors (Lipinski definition) is 3. The minimum absolute atomic E-state index is 0.0262. The Balaban J connectivity index is 0.000000527. The zero-order valence-corrected chi connectivity index (χ0v) is 16.2. The molecule has 0 spiro atoms. The van der Waals surface area contributed by atoms with Gasteiger partial charge in [-0.05, 0) is 45.2 Å². The minimum atomic E-state index is -1.23. The summed E-state index contributed by atoms with van der Waals surface area (Å²) >= 11 is 0. The van der Waals surface area contributed by atoms with Crippen LogP contribution in [-0.4, -0.2) is 49.1 Å². The van der Waals surface area contributed by atoms with Gasteiger partial charge in [-0.3, -0.25) is 9.59 Å². The van der Waals surface area contributed by atoms with Gasteiger partial charge < -0.3 is 15.0 Å². The van der Waals surface area contributed by atoms with Crippen LogP contribution in [0.2, 0.25) is 0 Å². The number of carbonyl (C=O) groups excluding carboxylic acids is 2. The number of benzene rings is 1. The molecule has 1 aromatic rings. The van der Waals surface area contributed by atoms with Crippen LogP contribution in [0.3, 0.4) is 0 Å². The van der Waals surface area contributed by atoms with E-state index in [1.165, 1.54) is 4.90 Å². The van der Waals surface area contributed by atoms with E-state index in [1.54, 1.807) is 7.11 Å². The van der Waals surface area contributed by atoms with E-state index in [0.29, 0.717) is 25.6 Å². The normalized spacial score (nSPS) is 14.3. The molecule has 1 aliphatic heterocycles. The highest BCUT2D eigenvalue weighted by atomic mass is 19.2. The number of amides is 2. The monoisotopic (exact) mass is 388 g/mol. The van der Waals surface area contributed by atoms with Crippen molar-refractivity contribution >= 4 is 11.8 Å². The largest absolute Gasteiger partial charge is 0.379 e. The first kappa shape index (κ1) is 23.0. The molecule has 1 saturated heterocycles. The van der Waals surface area contributed by atoms with Crippen molar-refractivity contribution in [2.45, 2.75) is 45.6 Å². The fraction of sp³-hybridized carbons (Fsp3) is 0.579. The van der Waals surface area contributed by atoms with Gasteiger partial charge in [0.1, 0.15) is 5.82 Å². The lowest BCUT2D eigenvalue weighted by Gasteiger charge is -2.26. The molecule has 8 heteroatoms. The standard InChI is InChI=1S/C14H15F3N2O2.C5H12O/c15-10-7-12(17)11(16)6-9(10)2-1-3-14(21)19-5-4-18-13(20)8-19;1-5(2,3)6-4/h6-7H,1-5,8H2,(H,18,20);1-4H3. The van der Waals surface area contributed by atoms with Crippen molar-refractivity contribution in [1.29, 1.82) is 0 Å². The summed E-state index contributed by atoms with van der Waals surface area (Å²) in [4.78, 5) is 24.4. The van der Waals surface area contributed by atoms with E-state index >= 15 is 0 Å². The summed E-state index contributed by atoms with van der Waals surface area (Å²) in [7, 11) is 1.71. The predicted molar refractivity (Wildman–Crippen MR) is 95.6 cm³/mol. The molecule has 2 rings (SSSR count). The number of halogens is 3. The second kappa shape index (κ2) is 10.3. The summed E-state index contributed by atoms with van der Waals surface area (Å²) in [6, 6.07) is 1.31. The fourth-order valence-electron chi connectivity index (χ4n) is 2.19. The van der Waals surface area contributed by atoms with Crippen LogP contribution in [0.15, 0.2) is 12.1 Å². The summed E-state index contributed by atoms with van der Waals surface area (Å²) in [6.07, 6.45) is 0.569. The van der Waals surface area contributed by atoms with Gasteiger partial charge in [-0.1, -0.05) is 0 Å². The van der Waals surface area contributed by atoms with Crippen LogP contribution in [0, 0.1) is 17.5 Å². The number of nitrogens with one attached hydrogen (secondary N) is 1. The molecule has 1 N–H and O–H groups in total. The second-order valence-electron chi connectivity index (χ2n) is 7.19. The molecule has 0 bridgehead atoms. The van der Waals surface area contributed by atoms with Gasteiger partial charge in [-0.25, -0.2) is 13.2 Å². The molecule has 0 aliphatic carbocycles. The van der Waals surface area contributed by atoms with Crippen molar-refractivity contribution in [1.82, 2.24) is 10.2 Å². The molecule has 2 amide bonds. The molecule has 1 fully saturated rings. The van der Waals surface area contributed by atoms with Crippen LogP contribution in [0.25, 0.3) is 0 Å². The molecule has 5 nitrogen and oxygen atoms in total.